The largest absolute Gasteiger partial charge is 0.507 e. The van der Waals surface area contributed by atoms with Gasteiger partial charge in [0.1, 0.15) is 5.76 Å². The Morgan fingerprint density at radius 1 is 1.16 bits per heavy atom. The molecule has 8 nitrogen and oxygen atoms in total. The molecular formula is C23H23ClN2O6. The molecule has 3 rings (SSSR count). The van der Waals surface area contributed by atoms with Crippen molar-refractivity contribution >= 4 is 34.7 Å². The Bertz CT molecular complexity index is 1050. The molecule has 0 radical (unpaired) electrons. The fraction of sp³-hybridized carbons (Fsp3) is 0.304. The molecular weight excluding hydrogens is 436 g/mol. The van der Waals surface area contributed by atoms with Crippen LogP contribution in [0.4, 0.5) is 5.69 Å². The minimum Gasteiger partial charge on any atom is -0.507 e. The summed E-state index contributed by atoms with van der Waals surface area (Å²) in [4.78, 5) is 37.6. The molecule has 168 valence electrons. The number of carbonyl (C=O) groups excluding carboxylic acids is 2. The van der Waals surface area contributed by atoms with Crippen LogP contribution in [0.15, 0.2) is 54.1 Å². The molecule has 1 aliphatic heterocycles. The molecule has 1 N–H and O–H groups in total. The zero-order valence-electron chi connectivity index (χ0n) is 17.7. The predicted molar refractivity (Wildman–Crippen MR) is 119 cm³/mol. The Morgan fingerprint density at radius 2 is 1.78 bits per heavy atom. The molecule has 0 aliphatic carbocycles. The SMILES string of the molecule is CC(C)OCCCN1C(=O)C(=O)C(=C(O)c2ccc(Cl)cc2)[C@@H]1c1ccc([N+](=O)[O-])cc1. The normalized spacial score (nSPS) is 17.9. The summed E-state index contributed by atoms with van der Waals surface area (Å²) in [5.41, 5.74) is 0.627. The number of non-ortho nitro benzene ring substituents is 1. The molecule has 1 saturated heterocycles. The van der Waals surface area contributed by atoms with E-state index in [2.05, 4.69) is 0 Å². The van der Waals surface area contributed by atoms with Crippen LogP contribution in [0.5, 0.6) is 0 Å². The van der Waals surface area contributed by atoms with E-state index >= 15 is 0 Å². The first-order valence-electron chi connectivity index (χ1n) is 10.1. The maximum absolute atomic E-state index is 12.9. The number of carbonyl (C=O) groups is 2. The van der Waals surface area contributed by atoms with Crippen LogP contribution in [0.1, 0.15) is 37.4 Å². The number of aliphatic hydroxyl groups excluding tert-OH is 1. The number of aliphatic hydroxyl groups is 1. The molecule has 1 fully saturated rings. The number of nitrogens with zero attached hydrogens (tertiary/aromatic N) is 2. The number of hydrogen-bond acceptors (Lipinski definition) is 6. The van der Waals surface area contributed by atoms with Crippen molar-refractivity contribution in [2.75, 3.05) is 13.2 Å². The summed E-state index contributed by atoms with van der Waals surface area (Å²) in [6.07, 6.45) is 0.510. The Hall–Kier alpha value is -3.23. The molecule has 1 amide bonds. The highest BCUT2D eigenvalue weighted by Gasteiger charge is 2.45. The molecule has 0 bridgehead atoms. The molecule has 1 aliphatic rings. The Labute approximate surface area is 190 Å². The summed E-state index contributed by atoms with van der Waals surface area (Å²) in [6, 6.07) is 10.9. The van der Waals surface area contributed by atoms with Gasteiger partial charge in [0, 0.05) is 35.9 Å². The fourth-order valence-corrected chi connectivity index (χ4v) is 3.68. The molecule has 0 saturated carbocycles. The van der Waals surface area contributed by atoms with Crippen LogP contribution >= 0.6 is 11.6 Å². The number of amides is 1. The molecule has 0 aromatic heterocycles. The third-order valence-corrected chi connectivity index (χ3v) is 5.32. The van der Waals surface area contributed by atoms with Crippen molar-refractivity contribution in [2.45, 2.75) is 32.4 Å². The van der Waals surface area contributed by atoms with Crippen molar-refractivity contribution in [1.29, 1.82) is 0 Å². The molecule has 1 atom stereocenters. The van der Waals surface area contributed by atoms with Gasteiger partial charge in [0.25, 0.3) is 17.4 Å². The van der Waals surface area contributed by atoms with Gasteiger partial charge in [-0.1, -0.05) is 11.6 Å². The second kappa shape index (κ2) is 9.93. The fourth-order valence-electron chi connectivity index (χ4n) is 3.55. The van der Waals surface area contributed by atoms with Gasteiger partial charge in [-0.3, -0.25) is 19.7 Å². The van der Waals surface area contributed by atoms with Gasteiger partial charge in [-0.15, -0.1) is 0 Å². The lowest BCUT2D eigenvalue weighted by molar-refractivity contribution is -0.384. The van der Waals surface area contributed by atoms with Crippen LogP contribution in [0, 0.1) is 10.1 Å². The van der Waals surface area contributed by atoms with Gasteiger partial charge in [0.2, 0.25) is 0 Å². The van der Waals surface area contributed by atoms with Gasteiger partial charge < -0.3 is 14.7 Å². The number of likely N-dealkylation sites (tertiary alicyclic amines) is 1. The average Bonchev–Trinajstić information content (AvgIpc) is 3.01. The maximum atomic E-state index is 12.9. The lowest BCUT2D eigenvalue weighted by Crippen LogP contribution is -2.31. The standard InChI is InChI=1S/C23H23ClN2O6/c1-14(2)32-13-3-12-25-20(15-6-10-18(11-7-15)26(30)31)19(22(28)23(25)29)21(27)16-4-8-17(24)9-5-16/h4-11,14,20,27H,3,12-13H2,1-2H3/t20-/m0/s1. The number of benzene rings is 2. The zero-order chi connectivity index (χ0) is 23.4. The summed E-state index contributed by atoms with van der Waals surface area (Å²) in [5, 5.41) is 22.4. The van der Waals surface area contributed by atoms with E-state index in [1.807, 2.05) is 13.8 Å². The highest BCUT2D eigenvalue weighted by atomic mass is 35.5. The molecule has 0 unspecified atom stereocenters. The number of rotatable bonds is 8. The second-order valence-electron chi connectivity index (χ2n) is 7.62. The van der Waals surface area contributed by atoms with E-state index in [1.54, 1.807) is 24.3 Å². The van der Waals surface area contributed by atoms with Gasteiger partial charge >= 0.3 is 0 Å². The molecule has 2 aromatic rings. The molecule has 1 heterocycles. The van der Waals surface area contributed by atoms with Crippen LogP contribution < -0.4 is 0 Å². The van der Waals surface area contributed by atoms with Gasteiger partial charge in [-0.25, -0.2) is 0 Å². The van der Waals surface area contributed by atoms with E-state index in [9.17, 15) is 24.8 Å². The van der Waals surface area contributed by atoms with Crippen molar-refractivity contribution in [1.82, 2.24) is 4.90 Å². The molecule has 32 heavy (non-hydrogen) atoms. The number of ketones is 1. The Morgan fingerprint density at radius 3 is 2.34 bits per heavy atom. The lowest BCUT2D eigenvalue weighted by atomic mass is 9.95. The molecule has 0 spiro atoms. The number of hydrogen-bond donors (Lipinski definition) is 1. The van der Waals surface area contributed by atoms with Gasteiger partial charge in [-0.05, 0) is 62.2 Å². The van der Waals surface area contributed by atoms with Gasteiger partial charge in [-0.2, -0.15) is 0 Å². The molecule has 2 aromatic carbocycles. The van der Waals surface area contributed by atoms with Crippen LogP contribution in [0.3, 0.4) is 0 Å². The first-order chi connectivity index (χ1) is 15.2. The summed E-state index contributed by atoms with van der Waals surface area (Å²) < 4.78 is 5.53. The van der Waals surface area contributed by atoms with Crippen molar-refractivity contribution in [3.63, 3.8) is 0 Å². The Kier molecular flexibility index (Phi) is 7.27. The number of halogens is 1. The number of nitro groups is 1. The summed E-state index contributed by atoms with van der Waals surface area (Å²) in [5.74, 6) is -1.89. The number of ether oxygens (including phenoxy) is 1. The zero-order valence-corrected chi connectivity index (χ0v) is 18.4. The van der Waals surface area contributed by atoms with Crippen LogP contribution in [0.2, 0.25) is 5.02 Å². The number of Topliss-reactive ketones (excluding diaryl/α,β-unsaturated/α-hetero) is 1. The third kappa shape index (κ3) is 4.98. The van der Waals surface area contributed by atoms with E-state index in [4.69, 9.17) is 16.3 Å². The lowest BCUT2D eigenvalue weighted by Gasteiger charge is -2.25. The summed E-state index contributed by atoms with van der Waals surface area (Å²) in [7, 11) is 0. The Balaban J connectivity index is 2.04. The van der Waals surface area contributed by atoms with Crippen molar-refractivity contribution in [3.05, 3.63) is 80.4 Å². The average molecular weight is 459 g/mol. The van der Waals surface area contributed by atoms with E-state index in [-0.39, 0.29) is 29.7 Å². The van der Waals surface area contributed by atoms with E-state index in [1.165, 1.54) is 29.2 Å². The van der Waals surface area contributed by atoms with E-state index in [0.29, 0.717) is 29.2 Å². The summed E-state index contributed by atoms with van der Waals surface area (Å²) in [6.45, 7) is 4.41. The van der Waals surface area contributed by atoms with Crippen molar-refractivity contribution < 1.29 is 24.4 Å². The minimum atomic E-state index is -0.884. The predicted octanol–water partition coefficient (Wildman–Crippen LogP) is 4.49. The van der Waals surface area contributed by atoms with Crippen LogP contribution in [-0.4, -0.2) is 45.9 Å². The second-order valence-corrected chi connectivity index (χ2v) is 8.06. The van der Waals surface area contributed by atoms with Gasteiger partial charge in [0.15, 0.2) is 0 Å². The number of nitro benzene ring substituents is 1. The summed E-state index contributed by atoms with van der Waals surface area (Å²) >= 11 is 5.92. The minimum absolute atomic E-state index is 0.0285. The highest BCUT2D eigenvalue weighted by Crippen LogP contribution is 2.40. The van der Waals surface area contributed by atoms with Crippen molar-refractivity contribution in [2.24, 2.45) is 0 Å². The monoisotopic (exact) mass is 458 g/mol. The molecule has 9 heteroatoms. The topological polar surface area (TPSA) is 110 Å². The first-order valence-corrected chi connectivity index (χ1v) is 10.5. The highest BCUT2D eigenvalue weighted by molar-refractivity contribution is 6.46. The maximum Gasteiger partial charge on any atom is 0.295 e. The smallest absolute Gasteiger partial charge is 0.295 e. The van der Waals surface area contributed by atoms with E-state index in [0.717, 1.165) is 0 Å². The quantitative estimate of drug-likeness (QED) is 0.156. The van der Waals surface area contributed by atoms with Gasteiger partial charge in [0.05, 0.1) is 22.6 Å². The third-order valence-electron chi connectivity index (χ3n) is 5.07. The van der Waals surface area contributed by atoms with Crippen molar-refractivity contribution in [3.8, 4) is 0 Å². The first kappa shape index (κ1) is 23.4. The van der Waals surface area contributed by atoms with Crippen LogP contribution in [-0.2, 0) is 14.3 Å². The van der Waals surface area contributed by atoms with Crippen LogP contribution in [0.25, 0.3) is 5.76 Å². The van der Waals surface area contributed by atoms with E-state index < -0.39 is 22.7 Å².